The lowest BCUT2D eigenvalue weighted by molar-refractivity contribution is 0.173. The Morgan fingerprint density at radius 2 is 2.05 bits per heavy atom. The number of amides is 2. The molecule has 0 heterocycles. The molecule has 2 N–H and O–H groups in total. The van der Waals surface area contributed by atoms with Gasteiger partial charge < -0.3 is 15.3 Å². The number of hydrogen-bond donors (Lipinski definition) is 2. The van der Waals surface area contributed by atoms with Crippen molar-refractivity contribution >= 4 is 6.03 Å². The number of carbonyl (C=O) groups excluding carboxylic acids is 1. The van der Waals surface area contributed by atoms with Crippen LogP contribution in [0.25, 0.3) is 0 Å². The molecular formula is C15H20N2O2. The van der Waals surface area contributed by atoms with Crippen molar-refractivity contribution in [2.24, 2.45) is 0 Å². The summed E-state index contributed by atoms with van der Waals surface area (Å²) in [6, 6.07) is 10.9. The van der Waals surface area contributed by atoms with Gasteiger partial charge in [-0.25, -0.2) is 4.79 Å². The number of benzene rings is 1. The van der Waals surface area contributed by atoms with Crippen molar-refractivity contribution in [1.29, 1.82) is 0 Å². The summed E-state index contributed by atoms with van der Waals surface area (Å²) in [6.45, 7) is 0.482. The van der Waals surface area contributed by atoms with E-state index in [1.54, 1.807) is 4.90 Å². The number of nitrogens with one attached hydrogen (secondary N) is 1. The molecule has 3 rings (SSSR count). The van der Waals surface area contributed by atoms with Gasteiger partial charge in [-0.15, -0.1) is 0 Å². The lowest BCUT2D eigenvalue weighted by atomic mass is 10.1. The maximum Gasteiger partial charge on any atom is 0.317 e. The molecule has 2 saturated carbocycles. The van der Waals surface area contributed by atoms with Crippen LogP contribution in [-0.4, -0.2) is 41.3 Å². The van der Waals surface area contributed by atoms with E-state index >= 15 is 0 Å². The summed E-state index contributed by atoms with van der Waals surface area (Å²) in [5.41, 5.74) is 1.30. The summed E-state index contributed by atoms with van der Waals surface area (Å²) in [5, 5.41) is 12.1. The zero-order valence-electron chi connectivity index (χ0n) is 11.0. The minimum Gasteiger partial charge on any atom is -0.395 e. The minimum absolute atomic E-state index is 0.0139. The van der Waals surface area contributed by atoms with E-state index in [2.05, 4.69) is 17.4 Å². The summed E-state index contributed by atoms with van der Waals surface area (Å²) in [6.07, 6.45) is 3.16. The molecule has 0 aromatic heterocycles. The summed E-state index contributed by atoms with van der Waals surface area (Å²) >= 11 is 0. The van der Waals surface area contributed by atoms with Gasteiger partial charge in [0.05, 0.1) is 6.61 Å². The standard InChI is InChI=1S/C15H20N2O2/c18-9-8-17(12-6-7-12)15(19)16-14-10-13(14)11-4-2-1-3-5-11/h1-5,12-14,18H,6-10H2,(H,16,19)/t13-,14+/m1/s1. The molecular weight excluding hydrogens is 240 g/mol. The third-order valence-electron chi connectivity index (χ3n) is 3.92. The van der Waals surface area contributed by atoms with E-state index in [4.69, 9.17) is 5.11 Å². The molecule has 4 heteroatoms. The van der Waals surface area contributed by atoms with Crippen LogP contribution in [0.3, 0.4) is 0 Å². The number of aliphatic hydroxyl groups is 1. The number of urea groups is 1. The molecule has 0 aliphatic heterocycles. The average Bonchev–Trinajstić information content (AvgIpc) is 3.31. The molecule has 19 heavy (non-hydrogen) atoms. The molecule has 2 amide bonds. The van der Waals surface area contributed by atoms with Crippen LogP contribution in [0.5, 0.6) is 0 Å². The summed E-state index contributed by atoms with van der Waals surface area (Å²) in [7, 11) is 0. The summed E-state index contributed by atoms with van der Waals surface area (Å²) < 4.78 is 0. The highest BCUT2D eigenvalue weighted by Gasteiger charge is 2.41. The van der Waals surface area contributed by atoms with Gasteiger partial charge in [-0.2, -0.15) is 0 Å². The molecule has 2 atom stereocenters. The second-order valence-corrected chi connectivity index (χ2v) is 5.46. The first-order valence-corrected chi connectivity index (χ1v) is 7.02. The highest BCUT2D eigenvalue weighted by Crippen LogP contribution is 2.41. The van der Waals surface area contributed by atoms with Gasteiger partial charge in [0.2, 0.25) is 0 Å². The minimum atomic E-state index is -0.0139. The van der Waals surface area contributed by atoms with Crippen LogP contribution >= 0.6 is 0 Å². The predicted molar refractivity (Wildman–Crippen MR) is 72.9 cm³/mol. The smallest absolute Gasteiger partial charge is 0.317 e. The van der Waals surface area contributed by atoms with E-state index in [1.807, 2.05) is 18.2 Å². The Morgan fingerprint density at radius 1 is 1.32 bits per heavy atom. The van der Waals surface area contributed by atoms with Gasteiger partial charge in [0, 0.05) is 24.5 Å². The summed E-state index contributed by atoms with van der Waals surface area (Å²) in [5.74, 6) is 0.459. The largest absolute Gasteiger partial charge is 0.395 e. The fourth-order valence-electron chi connectivity index (χ4n) is 2.61. The third-order valence-corrected chi connectivity index (χ3v) is 3.92. The van der Waals surface area contributed by atoms with Crippen molar-refractivity contribution in [2.45, 2.75) is 37.3 Å². The first kappa shape index (κ1) is 12.5. The normalized spacial score (nSPS) is 24.9. The fourth-order valence-corrected chi connectivity index (χ4v) is 2.61. The van der Waals surface area contributed by atoms with Gasteiger partial charge in [-0.05, 0) is 24.8 Å². The lowest BCUT2D eigenvalue weighted by Crippen LogP contribution is -2.44. The molecule has 4 nitrogen and oxygen atoms in total. The van der Waals surface area contributed by atoms with Crippen LogP contribution in [0.1, 0.15) is 30.7 Å². The van der Waals surface area contributed by atoms with Gasteiger partial charge in [0.15, 0.2) is 0 Å². The Hall–Kier alpha value is -1.55. The molecule has 0 spiro atoms. The molecule has 2 fully saturated rings. The Bertz CT molecular complexity index is 445. The second-order valence-electron chi connectivity index (χ2n) is 5.46. The van der Waals surface area contributed by atoms with Crippen LogP contribution in [0.2, 0.25) is 0 Å². The zero-order valence-corrected chi connectivity index (χ0v) is 11.0. The highest BCUT2D eigenvalue weighted by atomic mass is 16.3. The Morgan fingerprint density at radius 3 is 2.68 bits per heavy atom. The monoisotopic (exact) mass is 260 g/mol. The third kappa shape index (κ3) is 2.89. The molecule has 0 radical (unpaired) electrons. The molecule has 0 unspecified atom stereocenters. The van der Waals surface area contributed by atoms with Crippen molar-refractivity contribution in [3.63, 3.8) is 0 Å². The maximum absolute atomic E-state index is 12.1. The predicted octanol–water partition coefficient (Wildman–Crippen LogP) is 1.71. The van der Waals surface area contributed by atoms with Gasteiger partial charge in [-0.3, -0.25) is 0 Å². The number of carbonyl (C=O) groups is 1. The van der Waals surface area contributed by atoms with Gasteiger partial charge in [0.25, 0.3) is 0 Å². The molecule has 2 aliphatic carbocycles. The second kappa shape index (κ2) is 5.21. The summed E-state index contributed by atoms with van der Waals surface area (Å²) in [4.78, 5) is 13.9. The van der Waals surface area contributed by atoms with E-state index in [0.29, 0.717) is 18.5 Å². The Kier molecular flexibility index (Phi) is 3.42. The van der Waals surface area contributed by atoms with Gasteiger partial charge in [-0.1, -0.05) is 30.3 Å². The van der Waals surface area contributed by atoms with Gasteiger partial charge >= 0.3 is 6.03 Å². The topological polar surface area (TPSA) is 52.6 Å². The lowest BCUT2D eigenvalue weighted by Gasteiger charge is -2.21. The van der Waals surface area contributed by atoms with Crippen LogP contribution in [0.15, 0.2) is 30.3 Å². The highest BCUT2D eigenvalue weighted by molar-refractivity contribution is 5.76. The molecule has 102 valence electrons. The van der Waals surface area contributed by atoms with Crippen molar-refractivity contribution in [3.05, 3.63) is 35.9 Å². The van der Waals surface area contributed by atoms with Crippen molar-refractivity contribution in [1.82, 2.24) is 10.2 Å². The van der Waals surface area contributed by atoms with Gasteiger partial charge in [0.1, 0.15) is 0 Å². The average molecular weight is 260 g/mol. The number of nitrogens with zero attached hydrogens (tertiary/aromatic N) is 1. The van der Waals surface area contributed by atoms with E-state index in [9.17, 15) is 4.79 Å². The molecule has 0 saturated heterocycles. The van der Waals surface area contributed by atoms with Crippen LogP contribution in [0.4, 0.5) is 4.79 Å². The van der Waals surface area contributed by atoms with Crippen LogP contribution in [-0.2, 0) is 0 Å². The molecule has 1 aromatic rings. The van der Waals surface area contributed by atoms with Crippen molar-refractivity contribution < 1.29 is 9.90 Å². The van der Waals surface area contributed by atoms with E-state index in [0.717, 1.165) is 19.3 Å². The quantitative estimate of drug-likeness (QED) is 0.846. The van der Waals surface area contributed by atoms with Crippen LogP contribution < -0.4 is 5.32 Å². The number of hydrogen-bond acceptors (Lipinski definition) is 2. The fraction of sp³-hybridized carbons (Fsp3) is 0.533. The molecule has 2 aliphatic rings. The van der Waals surface area contributed by atoms with Crippen molar-refractivity contribution in [3.8, 4) is 0 Å². The van der Waals surface area contributed by atoms with Crippen molar-refractivity contribution in [2.75, 3.05) is 13.2 Å². The van der Waals surface area contributed by atoms with Crippen LogP contribution in [0, 0.1) is 0 Å². The molecule has 0 bridgehead atoms. The Balaban J connectivity index is 1.54. The maximum atomic E-state index is 12.1. The number of rotatable bonds is 5. The van der Waals surface area contributed by atoms with E-state index < -0.39 is 0 Å². The first-order chi connectivity index (χ1) is 9.29. The SMILES string of the molecule is O=C(N[C@H]1C[C@@H]1c1ccccc1)N(CCO)C1CC1. The van der Waals surface area contributed by atoms with E-state index in [1.165, 1.54) is 5.56 Å². The van der Waals surface area contributed by atoms with E-state index in [-0.39, 0.29) is 18.7 Å². The Labute approximate surface area is 113 Å². The first-order valence-electron chi connectivity index (χ1n) is 7.02. The number of aliphatic hydroxyl groups excluding tert-OH is 1. The molecule has 1 aromatic carbocycles. The zero-order chi connectivity index (χ0) is 13.2.